The second-order valence-electron chi connectivity index (χ2n) is 6.95. The summed E-state index contributed by atoms with van der Waals surface area (Å²) in [5.74, 6) is 1.49. The Balaban J connectivity index is 1.31. The fourth-order valence-electron chi connectivity index (χ4n) is 3.59. The summed E-state index contributed by atoms with van der Waals surface area (Å²) in [6, 6.07) is 10.2. The summed E-state index contributed by atoms with van der Waals surface area (Å²) in [6.07, 6.45) is 4.48. The van der Waals surface area contributed by atoms with E-state index in [1.807, 2.05) is 19.1 Å². The van der Waals surface area contributed by atoms with Gasteiger partial charge in [-0.3, -0.25) is 0 Å². The Bertz CT molecular complexity index is 964. The molecule has 0 bridgehead atoms. The van der Waals surface area contributed by atoms with Crippen LogP contribution in [0.5, 0.6) is 0 Å². The van der Waals surface area contributed by atoms with Crippen LogP contribution in [0.3, 0.4) is 0 Å². The summed E-state index contributed by atoms with van der Waals surface area (Å²) in [6.45, 7) is 5.69. The number of carbonyl (C=O) groups is 1. The maximum Gasteiger partial charge on any atom is 0.409 e. The molecule has 1 amide bonds. The molecule has 3 aromatic rings. The summed E-state index contributed by atoms with van der Waals surface area (Å²) in [5, 5.41) is 4.58. The van der Waals surface area contributed by atoms with E-state index < -0.39 is 0 Å². The van der Waals surface area contributed by atoms with Crippen molar-refractivity contribution in [1.29, 1.82) is 0 Å². The van der Waals surface area contributed by atoms with Crippen LogP contribution in [0.15, 0.2) is 42.7 Å². The van der Waals surface area contributed by atoms with Crippen LogP contribution in [0.2, 0.25) is 0 Å². The van der Waals surface area contributed by atoms with Crippen LogP contribution in [0.1, 0.15) is 12.5 Å². The minimum Gasteiger partial charge on any atom is -0.450 e. The molecule has 0 radical (unpaired) electrons. The molecule has 0 unspecified atom stereocenters. The van der Waals surface area contributed by atoms with E-state index in [0.29, 0.717) is 25.6 Å². The molecule has 1 aliphatic rings. The predicted octanol–water partition coefficient (Wildman–Crippen LogP) is 2.89. The van der Waals surface area contributed by atoms with E-state index in [1.165, 1.54) is 10.9 Å². The fraction of sp³-hybridized carbons (Fsp3) is 0.381. The lowest BCUT2D eigenvalue weighted by Crippen LogP contribution is -2.49. The Morgan fingerprint density at radius 3 is 2.86 bits per heavy atom. The van der Waals surface area contributed by atoms with Gasteiger partial charge in [0.1, 0.15) is 5.82 Å². The standard InChI is InChI=1S/C21H26N6O2/c1-2-29-21(28)27-13-11-26(12-14-27)19-8-10-23-20(25-19)22-9-7-16-15-24-18-6-4-3-5-17(16)18/h3-6,8,10,15,24H,2,7,9,11-14H2,1H3,(H,22,23,25). The van der Waals surface area contributed by atoms with Crippen molar-refractivity contribution in [2.24, 2.45) is 0 Å². The highest BCUT2D eigenvalue weighted by Crippen LogP contribution is 2.19. The van der Waals surface area contributed by atoms with Crippen molar-refractivity contribution in [2.75, 3.05) is 49.5 Å². The maximum atomic E-state index is 11.8. The van der Waals surface area contributed by atoms with Crippen LogP contribution in [0, 0.1) is 0 Å². The molecule has 2 aromatic heterocycles. The molecule has 29 heavy (non-hydrogen) atoms. The number of hydrogen-bond donors (Lipinski definition) is 2. The third-order valence-corrected chi connectivity index (χ3v) is 5.12. The van der Waals surface area contributed by atoms with Crippen LogP contribution < -0.4 is 10.2 Å². The number of anilines is 2. The van der Waals surface area contributed by atoms with Gasteiger partial charge in [-0.25, -0.2) is 9.78 Å². The van der Waals surface area contributed by atoms with Crippen molar-refractivity contribution < 1.29 is 9.53 Å². The van der Waals surface area contributed by atoms with Gasteiger partial charge in [0.2, 0.25) is 5.95 Å². The van der Waals surface area contributed by atoms with Gasteiger partial charge >= 0.3 is 6.09 Å². The van der Waals surface area contributed by atoms with Crippen molar-refractivity contribution in [3.8, 4) is 0 Å². The quantitative estimate of drug-likeness (QED) is 0.669. The van der Waals surface area contributed by atoms with Gasteiger partial charge in [-0.2, -0.15) is 4.98 Å². The number of nitrogens with zero attached hydrogens (tertiary/aromatic N) is 4. The SMILES string of the molecule is CCOC(=O)N1CCN(c2ccnc(NCCc3c[nH]c4ccccc34)n2)CC1. The molecule has 0 saturated carbocycles. The molecular weight excluding hydrogens is 368 g/mol. The van der Waals surface area contributed by atoms with Gasteiger partial charge < -0.3 is 24.8 Å². The topological polar surface area (TPSA) is 86.4 Å². The lowest BCUT2D eigenvalue weighted by Gasteiger charge is -2.34. The van der Waals surface area contributed by atoms with Gasteiger partial charge in [0, 0.05) is 56.0 Å². The Kier molecular flexibility index (Phi) is 5.79. The van der Waals surface area contributed by atoms with E-state index in [1.54, 1.807) is 11.1 Å². The highest BCUT2D eigenvalue weighted by molar-refractivity contribution is 5.83. The number of fused-ring (bicyclic) bond motifs is 1. The Labute approximate surface area is 169 Å². The van der Waals surface area contributed by atoms with Crippen LogP contribution in [-0.2, 0) is 11.2 Å². The van der Waals surface area contributed by atoms with Crippen LogP contribution >= 0.6 is 0 Å². The zero-order chi connectivity index (χ0) is 20.1. The third-order valence-electron chi connectivity index (χ3n) is 5.12. The lowest BCUT2D eigenvalue weighted by atomic mass is 10.1. The molecule has 8 heteroatoms. The molecule has 1 aromatic carbocycles. The maximum absolute atomic E-state index is 11.8. The van der Waals surface area contributed by atoms with Crippen molar-refractivity contribution in [1.82, 2.24) is 19.9 Å². The summed E-state index contributed by atoms with van der Waals surface area (Å²) in [4.78, 5) is 28.0. The van der Waals surface area contributed by atoms with Gasteiger partial charge in [-0.05, 0) is 31.0 Å². The summed E-state index contributed by atoms with van der Waals surface area (Å²) in [5.41, 5.74) is 2.43. The van der Waals surface area contributed by atoms with Crippen LogP contribution in [0.4, 0.5) is 16.6 Å². The minimum atomic E-state index is -0.241. The zero-order valence-electron chi connectivity index (χ0n) is 16.6. The van der Waals surface area contributed by atoms with E-state index in [9.17, 15) is 4.79 Å². The second kappa shape index (κ2) is 8.81. The van der Waals surface area contributed by atoms with Gasteiger partial charge in [-0.1, -0.05) is 18.2 Å². The van der Waals surface area contributed by atoms with E-state index in [-0.39, 0.29) is 6.09 Å². The number of nitrogens with one attached hydrogen (secondary N) is 2. The van der Waals surface area contributed by atoms with Crippen molar-refractivity contribution in [3.63, 3.8) is 0 Å². The number of carbonyl (C=O) groups excluding carboxylic acids is 1. The third kappa shape index (κ3) is 4.42. The highest BCUT2D eigenvalue weighted by Gasteiger charge is 2.22. The number of hydrogen-bond acceptors (Lipinski definition) is 6. The Hall–Kier alpha value is -3.29. The lowest BCUT2D eigenvalue weighted by molar-refractivity contribution is 0.105. The summed E-state index contributed by atoms with van der Waals surface area (Å²) < 4.78 is 5.07. The molecule has 4 rings (SSSR count). The second-order valence-corrected chi connectivity index (χ2v) is 6.95. The number of amides is 1. The molecule has 2 N–H and O–H groups in total. The molecule has 0 spiro atoms. The van der Waals surface area contributed by atoms with Gasteiger partial charge in [0.05, 0.1) is 6.61 Å². The molecule has 0 atom stereocenters. The molecule has 1 saturated heterocycles. The van der Waals surface area contributed by atoms with Crippen molar-refractivity contribution in [3.05, 3.63) is 48.3 Å². The van der Waals surface area contributed by atoms with E-state index in [4.69, 9.17) is 4.74 Å². The molecule has 1 fully saturated rings. The largest absolute Gasteiger partial charge is 0.450 e. The molecule has 0 aliphatic carbocycles. The number of rotatable bonds is 6. The predicted molar refractivity (Wildman–Crippen MR) is 113 cm³/mol. The normalized spacial score (nSPS) is 14.2. The number of benzene rings is 1. The average Bonchev–Trinajstić information content (AvgIpc) is 3.17. The average molecular weight is 394 g/mol. The number of aromatic amines is 1. The first-order chi connectivity index (χ1) is 14.2. The van der Waals surface area contributed by atoms with Crippen molar-refractivity contribution >= 4 is 28.8 Å². The summed E-state index contributed by atoms with van der Waals surface area (Å²) >= 11 is 0. The first-order valence-corrected chi connectivity index (χ1v) is 10.0. The van der Waals surface area contributed by atoms with Gasteiger partial charge in [0.25, 0.3) is 0 Å². The molecule has 1 aliphatic heterocycles. The molecule has 8 nitrogen and oxygen atoms in total. The fourth-order valence-corrected chi connectivity index (χ4v) is 3.59. The first-order valence-electron chi connectivity index (χ1n) is 10.0. The van der Waals surface area contributed by atoms with Gasteiger partial charge in [-0.15, -0.1) is 0 Å². The molecule has 3 heterocycles. The highest BCUT2D eigenvalue weighted by atomic mass is 16.6. The number of piperazine rings is 1. The van der Waals surface area contributed by atoms with Crippen LogP contribution in [0.25, 0.3) is 10.9 Å². The Morgan fingerprint density at radius 1 is 1.21 bits per heavy atom. The number of aromatic nitrogens is 3. The van der Waals surface area contributed by atoms with Crippen LogP contribution in [-0.4, -0.2) is 65.3 Å². The van der Waals surface area contributed by atoms with E-state index in [0.717, 1.165) is 37.4 Å². The number of ether oxygens (including phenoxy) is 1. The molecular formula is C21H26N6O2. The smallest absolute Gasteiger partial charge is 0.409 e. The Morgan fingerprint density at radius 2 is 2.03 bits per heavy atom. The number of H-pyrrole nitrogens is 1. The minimum absolute atomic E-state index is 0.241. The zero-order valence-corrected chi connectivity index (χ0v) is 16.6. The molecule has 152 valence electrons. The van der Waals surface area contributed by atoms with E-state index in [2.05, 4.69) is 49.6 Å². The monoisotopic (exact) mass is 394 g/mol. The van der Waals surface area contributed by atoms with Gasteiger partial charge in [0.15, 0.2) is 0 Å². The van der Waals surface area contributed by atoms with E-state index >= 15 is 0 Å². The number of para-hydroxylation sites is 1. The summed E-state index contributed by atoms with van der Waals surface area (Å²) in [7, 11) is 0. The van der Waals surface area contributed by atoms with Crippen molar-refractivity contribution in [2.45, 2.75) is 13.3 Å². The first kappa shape index (κ1) is 19.0.